The van der Waals surface area contributed by atoms with Gasteiger partial charge in [0, 0.05) is 32.4 Å². The van der Waals surface area contributed by atoms with Gasteiger partial charge < -0.3 is 20.3 Å². The molecule has 7 nitrogen and oxygen atoms in total. The third-order valence-electron chi connectivity index (χ3n) is 3.37. The number of esters is 1. The van der Waals surface area contributed by atoms with Gasteiger partial charge in [0.1, 0.15) is 5.82 Å². The van der Waals surface area contributed by atoms with Crippen molar-refractivity contribution in [3.63, 3.8) is 0 Å². The number of hydrogen-bond acceptors (Lipinski definition) is 6. The van der Waals surface area contributed by atoms with Gasteiger partial charge in [0.05, 0.1) is 6.61 Å². The Balaban J connectivity index is 1.89. The van der Waals surface area contributed by atoms with E-state index < -0.39 is 12.0 Å². The topological polar surface area (TPSA) is 88.8 Å². The Bertz CT molecular complexity index is 486. The lowest BCUT2D eigenvalue weighted by Gasteiger charge is -2.36. The maximum absolute atomic E-state index is 12.1. The molecule has 1 aliphatic heterocycles. The highest BCUT2D eigenvalue weighted by Gasteiger charge is 2.30. The molecule has 1 fully saturated rings. The van der Waals surface area contributed by atoms with E-state index in [1.54, 1.807) is 18.0 Å². The fourth-order valence-corrected chi connectivity index (χ4v) is 2.23. The van der Waals surface area contributed by atoms with E-state index in [4.69, 9.17) is 10.5 Å². The first-order chi connectivity index (χ1) is 10.1. The van der Waals surface area contributed by atoms with Crippen LogP contribution in [0.15, 0.2) is 24.4 Å². The number of aromatic nitrogens is 1. The maximum Gasteiger partial charge on any atom is 0.332 e. The molecule has 1 aromatic rings. The van der Waals surface area contributed by atoms with Crippen molar-refractivity contribution >= 4 is 17.7 Å². The first-order valence-corrected chi connectivity index (χ1v) is 7.00. The number of pyridine rings is 1. The molecule has 7 heteroatoms. The number of piperazine rings is 1. The van der Waals surface area contributed by atoms with E-state index in [9.17, 15) is 9.59 Å². The third kappa shape index (κ3) is 3.69. The molecule has 0 aliphatic carbocycles. The van der Waals surface area contributed by atoms with E-state index >= 15 is 0 Å². The molecule has 2 heterocycles. The molecule has 1 atom stereocenters. The Morgan fingerprint density at radius 3 is 2.62 bits per heavy atom. The summed E-state index contributed by atoms with van der Waals surface area (Å²) in [5.41, 5.74) is 5.63. The number of nitrogens with two attached hydrogens (primary N) is 1. The lowest BCUT2D eigenvalue weighted by Crippen LogP contribution is -2.55. The van der Waals surface area contributed by atoms with Crippen LogP contribution in [0.2, 0.25) is 0 Å². The third-order valence-corrected chi connectivity index (χ3v) is 3.37. The van der Waals surface area contributed by atoms with Gasteiger partial charge in [0.25, 0.3) is 5.91 Å². The highest BCUT2D eigenvalue weighted by molar-refractivity contribution is 6.01. The van der Waals surface area contributed by atoms with Crippen LogP contribution >= 0.6 is 0 Å². The molecule has 1 unspecified atom stereocenters. The highest BCUT2D eigenvalue weighted by atomic mass is 16.5. The zero-order chi connectivity index (χ0) is 15.2. The summed E-state index contributed by atoms with van der Waals surface area (Å²) in [7, 11) is 0. The molecule has 1 aliphatic rings. The Hall–Kier alpha value is -2.15. The fraction of sp³-hybridized carbons (Fsp3) is 0.500. The van der Waals surface area contributed by atoms with Gasteiger partial charge in [0.15, 0.2) is 6.04 Å². The summed E-state index contributed by atoms with van der Waals surface area (Å²) in [4.78, 5) is 31.6. The molecular formula is C14H20N4O3. The van der Waals surface area contributed by atoms with E-state index in [1.165, 1.54) is 0 Å². The van der Waals surface area contributed by atoms with Crippen molar-refractivity contribution in [3.05, 3.63) is 24.4 Å². The molecule has 1 amide bonds. The highest BCUT2D eigenvalue weighted by Crippen LogP contribution is 2.13. The zero-order valence-corrected chi connectivity index (χ0v) is 12.1. The van der Waals surface area contributed by atoms with Gasteiger partial charge in [-0.15, -0.1) is 0 Å². The SMILES string of the molecule is CCOC(=O)C(N)C(=O)N1CCN(c2ccccn2)CC1. The van der Waals surface area contributed by atoms with E-state index in [-0.39, 0.29) is 12.5 Å². The largest absolute Gasteiger partial charge is 0.464 e. The predicted molar refractivity (Wildman–Crippen MR) is 77.6 cm³/mol. The van der Waals surface area contributed by atoms with Gasteiger partial charge >= 0.3 is 5.97 Å². The van der Waals surface area contributed by atoms with Crippen LogP contribution in [0, 0.1) is 0 Å². The summed E-state index contributed by atoms with van der Waals surface area (Å²) in [5.74, 6) is -0.164. The Morgan fingerprint density at radius 1 is 1.33 bits per heavy atom. The predicted octanol–water partition coefficient (Wildman–Crippen LogP) is -0.379. The van der Waals surface area contributed by atoms with Crippen molar-refractivity contribution in [1.29, 1.82) is 0 Å². The van der Waals surface area contributed by atoms with E-state index in [0.29, 0.717) is 26.2 Å². The quantitative estimate of drug-likeness (QED) is 0.601. The average Bonchev–Trinajstić information content (AvgIpc) is 2.54. The van der Waals surface area contributed by atoms with E-state index in [0.717, 1.165) is 5.82 Å². The van der Waals surface area contributed by atoms with Gasteiger partial charge in [-0.2, -0.15) is 0 Å². The lowest BCUT2D eigenvalue weighted by atomic mass is 10.2. The minimum Gasteiger partial charge on any atom is -0.464 e. The second-order valence-electron chi connectivity index (χ2n) is 4.73. The molecule has 1 aromatic heterocycles. The fourth-order valence-electron chi connectivity index (χ4n) is 2.23. The smallest absolute Gasteiger partial charge is 0.332 e. The second-order valence-corrected chi connectivity index (χ2v) is 4.73. The summed E-state index contributed by atoms with van der Waals surface area (Å²) < 4.78 is 4.77. The molecule has 21 heavy (non-hydrogen) atoms. The normalized spacial score (nSPS) is 16.5. The molecule has 0 bridgehead atoms. The Kier molecular flexibility index (Phi) is 5.10. The molecule has 0 radical (unpaired) electrons. The van der Waals surface area contributed by atoms with Crippen LogP contribution in [0.25, 0.3) is 0 Å². The summed E-state index contributed by atoms with van der Waals surface area (Å²) in [6, 6.07) is 4.49. The van der Waals surface area contributed by atoms with Crippen molar-refractivity contribution in [3.8, 4) is 0 Å². The first-order valence-electron chi connectivity index (χ1n) is 7.00. The molecule has 1 saturated heterocycles. The number of carbonyl (C=O) groups is 2. The van der Waals surface area contributed by atoms with E-state index in [2.05, 4.69) is 9.88 Å². The van der Waals surface area contributed by atoms with Gasteiger partial charge in [-0.05, 0) is 19.1 Å². The first kappa shape index (κ1) is 15.2. The molecule has 2 N–H and O–H groups in total. The molecule has 2 rings (SSSR count). The number of carbonyl (C=O) groups excluding carboxylic acids is 2. The van der Waals surface area contributed by atoms with Crippen LogP contribution in [0.3, 0.4) is 0 Å². The van der Waals surface area contributed by atoms with Crippen LogP contribution in [-0.4, -0.2) is 60.6 Å². The number of rotatable bonds is 4. The summed E-state index contributed by atoms with van der Waals surface area (Å²) in [6.45, 7) is 4.26. The van der Waals surface area contributed by atoms with Crippen LogP contribution in [-0.2, 0) is 14.3 Å². The van der Waals surface area contributed by atoms with Crippen molar-refractivity contribution in [2.45, 2.75) is 13.0 Å². The average molecular weight is 292 g/mol. The van der Waals surface area contributed by atoms with Gasteiger partial charge in [-0.3, -0.25) is 4.79 Å². The summed E-state index contributed by atoms with van der Waals surface area (Å²) >= 11 is 0. The van der Waals surface area contributed by atoms with Crippen molar-refractivity contribution < 1.29 is 14.3 Å². The Morgan fingerprint density at radius 2 is 2.05 bits per heavy atom. The number of nitrogens with zero attached hydrogens (tertiary/aromatic N) is 3. The van der Waals surface area contributed by atoms with E-state index in [1.807, 2.05) is 18.2 Å². The zero-order valence-electron chi connectivity index (χ0n) is 12.1. The minimum absolute atomic E-state index is 0.216. The van der Waals surface area contributed by atoms with Gasteiger partial charge in [-0.1, -0.05) is 6.07 Å². The summed E-state index contributed by atoms with van der Waals surface area (Å²) in [6.07, 6.45) is 1.74. The maximum atomic E-state index is 12.1. The van der Waals surface area contributed by atoms with Crippen LogP contribution in [0.1, 0.15) is 6.92 Å². The van der Waals surface area contributed by atoms with Crippen LogP contribution < -0.4 is 10.6 Å². The van der Waals surface area contributed by atoms with Crippen LogP contribution in [0.5, 0.6) is 0 Å². The number of anilines is 1. The second kappa shape index (κ2) is 7.03. The van der Waals surface area contributed by atoms with Crippen molar-refractivity contribution in [2.75, 3.05) is 37.7 Å². The van der Waals surface area contributed by atoms with Crippen molar-refractivity contribution in [2.24, 2.45) is 5.73 Å². The Labute approximate surface area is 123 Å². The number of hydrogen-bond donors (Lipinski definition) is 1. The van der Waals surface area contributed by atoms with Crippen LogP contribution in [0.4, 0.5) is 5.82 Å². The molecule has 0 saturated carbocycles. The van der Waals surface area contributed by atoms with Gasteiger partial charge in [0.2, 0.25) is 0 Å². The van der Waals surface area contributed by atoms with Gasteiger partial charge in [-0.25, -0.2) is 9.78 Å². The molecule has 114 valence electrons. The molecule has 0 aromatic carbocycles. The van der Waals surface area contributed by atoms with Crippen molar-refractivity contribution in [1.82, 2.24) is 9.88 Å². The molecular weight excluding hydrogens is 272 g/mol. The standard InChI is InChI=1S/C14H20N4O3/c1-2-21-14(20)12(15)13(19)18-9-7-17(8-10-18)11-5-3-4-6-16-11/h3-6,12H,2,7-10,15H2,1H3. The lowest BCUT2D eigenvalue weighted by molar-refractivity contribution is -0.151. The minimum atomic E-state index is -1.23. The monoisotopic (exact) mass is 292 g/mol. The number of amides is 1. The number of ether oxygens (including phenoxy) is 1. The summed E-state index contributed by atoms with van der Waals surface area (Å²) in [5, 5.41) is 0. The molecule has 0 spiro atoms.